The summed E-state index contributed by atoms with van der Waals surface area (Å²) < 4.78 is 0. The van der Waals surface area contributed by atoms with Crippen LogP contribution in [0.2, 0.25) is 0 Å². The number of aromatic nitrogens is 2. The van der Waals surface area contributed by atoms with Gasteiger partial charge in [-0.2, -0.15) is 0 Å². The van der Waals surface area contributed by atoms with E-state index in [9.17, 15) is 48.6 Å². The first-order chi connectivity index (χ1) is 30.2. The standard InChI is InChI=1S/C41H62N12O11/c1-5-22(4)33(38(61)50-29(17-24-19-45-20-47-24)39(62)53-15-7-9-30(53)40(63)64)52-36(59)28(16-23-10-12-25(54)13-11-23)49-37(60)32(21(2)3)51-35(58)27(8-6-14-46-41(43)44)48-34(57)26(42)18-31(55)56/h10-13,19-22,26-30,32-33,54H,5-9,14-18,42H2,1-4H3,(H,45,47)(H,48,57)(H,49,60)(H,50,61)(H,51,58)(H,52,59)(H,55,56)(H,63,64)(H4,43,44,46)/t22-,26-,27-,28-,29-,30-,32+,33-/m0/s1. The van der Waals surface area contributed by atoms with Crippen molar-refractivity contribution in [1.82, 2.24) is 41.5 Å². The molecule has 8 atom stereocenters. The summed E-state index contributed by atoms with van der Waals surface area (Å²) >= 11 is 0. The Morgan fingerprint density at radius 2 is 1.45 bits per heavy atom. The van der Waals surface area contributed by atoms with Gasteiger partial charge in [0.1, 0.15) is 42.0 Å². The molecule has 1 aromatic carbocycles. The number of aliphatic imine (C=N–C) groups is 1. The minimum absolute atomic E-state index is 0.0436. The minimum atomic E-state index is -1.49. The second-order valence-corrected chi connectivity index (χ2v) is 16.1. The van der Waals surface area contributed by atoms with Crippen LogP contribution in [0.5, 0.6) is 5.75 Å². The highest BCUT2D eigenvalue weighted by molar-refractivity contribution is 5.97. The summed E-state index contributed by atoms with van der Waals surface area (Å²) in [5.41, 5.74) is 17.5. The molecule has 0 unspecified atom stereocenters. The number of H-pyrrole nitrogens is 1. The number of nitrogens with zero attached hydrogens (tertiary/aromatic N) is 3. The first kappa shape index (κ1) is 51.6. The molecule has 1 saturated heterocycles. The van der Waals surface area contributed by atoms with Crippen LogP contribution >= 0.6 is 0 Å². The van der Waals surface area contributed by atoms with Crippen molar-refractivity contribution in [2.24, 2.45) is 34.0 Å². The molecule has 0 saturated carbocycles. The van der Waals surface area contributed by atoms with Gasteiger partial charge in [-0.25, -0.2) is 9.78 Å². The number of imidazole rings is 1. The second kappa shape index (κ2) is 24.8. The molecule has 64 heavy (non-hydrogen) atoms. The van der Waals surface area contributed by atoms with Crippen molar-refractivity contribution in [3.8, 4) is 5.75 Å². The van der Waals surface area contributed by atoms with Crippen molar-refractivity contribution in [3.05, 3.63) is 48.0 Å². The summed E-state index contributed by atoms with van der Waals surface area (Å²) in [5, 5.41) is 42.0. The number of hydrogen-bond acceptors (Lipinski definition) is 12. The van der Waals surface area contributed by atoms with Crippen molar-refractivity contribution in [3.63, 3.8) is 0 Å². The van der Waals surface area contributed by atoms with Crippen molar-refractivity contribution in [2.45, 2.75) is 121 Å². The molecule has 0 spiro atoms. The SMILES string of the molecule is CC[C@H](C)[C@H](NC(=O)[C@H](Cc1ccc(O)cc1)NC(=O)[C@H](NC(=O)[C@H](CCCN=C(N)N)NC(=O)[C@@H](N)CC(=O)O)C(C)C)C(=O)N[C@@H](Cc1cnc[nH]1)C(=O)N1CCC[C@H]1C(=O)O. The van der Waals surface area contributed by atoms with E-state index >= 15 is 0 Å². The Kier molecular flexibility index (Phi) is 19.9. The van der Waals surface area contributed by atoms with E-state index in [4.69, 9.17) is 22.3 Å². The van der Waals surface area contributed by atoms with Gasteiger partial charge in [-0.1, -0.05) is 46.2 Å². The maximum atomic E-state index is 14.3. The average molecular weight is 899 g/mol. The van der Waals surface area contributed by atoms with E-state index in [1.54, 1.807) is 27.7 Å². The third-order valence-electron chi connectivity index (χ3n) is 10.8. The number of rotatable bonds is 25. The van der Waals surface area contributed by atoms with Crippen molar-refractivity contribution in [1.29, 1.82) is 0 Å². The zero-order valence-electron chi connectivity index (χ0n) is 36.4. The summed E-state index contributed by atoms with van der Waals surface area (Å²) in [4.78, 5) is 118. The topological polar surface area (TPSA) is 380 Å². The van der Waals surface area contributed by atoms with Crippen molar-refractivity contribution in [2.75, 3.05) is 13.1 Å². The van der Waals surface area contributed by atoms with Gasteiger partial charge in [0.15, 0.2) is 5.96 Å². The number of aromatic amines is 1. The van der Waals surface area contributed by atoms with E-state index in [1.165, 1.54) is 41.7 Å². The molecule has 15 N–H and O–H groups in total. The number of nitrogens with one attached hydrogen (secondary N) is 6. The molecule has 1 aliphatic heterocycles. The van der Waals surface area contributed by atoms with Crippen LogP contribution in [0.25, 0.3) is 0 Å². The Labute approximate surface area is 370 Å². The lowest BCUT2D eigenvalue weighted by Gasteiger charge is -2.31. The van der Waals surface area contributed by atoms with Gasteiger partial charge >= 0.3 is 11.9 Å². The zero-order valence-corrected chi connectivity index (χ0v) is 36.4. The van der Waals surface area contributed by atoms with Gasteiger partial charge in [0.05, 0.1) is 18.8 Å². The van der Waals surface area contributed by atoms with Crippen LogP contribution in [0.3, 0.4) is 0 Å². The van der Waals surface area contributed by atoms with Crippen LogP contribution in [0.4, 0.5) is 0 Å². The first-order valence-electron chi connectivity index (χ1n) is 21.0. The molecule has 0 radical (unpaired) electrons. The number of hydrogen-bond donors (Lipinski definition) is 12. The largest absolute Gasteiger partial charge is 0.508 e. The van der Waals surface area contributed by atoms with Crippen LogP contribution in [0.15, 0.2) is 41.8 Å². The van der Waals surface area contributed by atoms with Crippen molar-refractivity contribution < 1.29 is 53.7 Å². The van der Waals surface area contributed by atoms with Gasteiger partial charge in [-0.05, 0) is 55.2 Å². The van der Waals surface area contributed by atoms with E-state index in [1.807, 2.05) is 0 Å². The molecule has 1 aliphatic rings. The molecule has 6 amide bonds. The van der Waals surface area contributed by atoms with E-state index in [0.717, 1.165) is 0 Å². The minimum Gasteiger partial charge on any atom is -0.508 e. The lowest BCUT2D eigenvalue weighted by Crippen LogP contribution is -2.62. The second-order valence-electron chi connectivity index (χ2n) is 16.1. The Morgan fingerprint density at radius 1 is 0.844 bits per heavy atom. The Balaban J connectivity index is 1.91. The number of carbonyl (C=O) groups is 8. The van der Waals surface area contributed by atoms with Crippen LogP contribution in [0, 0.1) is 11.8 Å². The molecule has 0 bridgehead atoms. The monoisotopic (exact) mass is 898 g/mol. The number of nitrogens with two attached hydrogens (primary N) is 3. The Bertz CT molecular complexity index is 1960. The summed E-state index contributed by atoms with van der Waals surface area (Å²) in [6.07, 6.45) is 3.14. The number of guanidine groups is 1. The van der Waals surface area contributed by atoms with Crippen molar-refractivity contribution >= 4 is 53.3 Å². The van der Waals surface area contributed by atoms with Gasteiger partial charge in [-0.3, -0.25) is 38.6 Å². The summed E-state index contributed by atoms with van der Waals surface area (Å²) in [5.74, 6) is -8.67. The molecule has 1 aromatic heterocycles. The highest BCUT2D eigenvalue weighted by Crippen LogP contribution is 2.20. The summed E-state index contributed by atoms with van der Waals surface area (Å²) in [6, 6.07) is -3.26. The van der Waals surface area contributed by atoms with E-state index < -0.39 is 108 Å². The zero-order chi connectivity index (χ0) is 47.7. The fourth-order valence-electron chi connectivity index (χ4n) is 6.98. The number of amides is 6. The number of carboxylic acid groups (broad SMARTS) is 2. The Morgan fingerprint density at radius 3 is 2.03 bits per heavy atom. The van der Waals surface area contributed by atoms with Gasteiger partial charge in [0.25, 0.3) is 0 Å². The normalized spacial score (nSPS) is 16.8. The number of phenols is 1. The predicted molar refractivity (Wildman–Crippen MR) is 231 cm³/mol. The van der Waals surface area contributed by atoms with E-state index in [0.29, 0.717) is 24.1 Å². The quantitative estimate of drug-likeness (QED) is 0.0290. The highest BCUT2D eigenvalue weighted by atomic mass is 16.4. The number of carbonyl (C=O) groups excluding carboxylic acids is 6. The molecule has 1 fully saturated rings. The molecular formula is C41H62N12O11. The molecule has 2 heterocycles. The average Bonchev–Trinajstić information content (AvgIpc) is 3.95. The molecular weight excluding hydrogens is 837 g/mol. The number of aliphatic carboxylic acids is 2. The van der Waals surface area contributed by atoms with Gasteiger partial charge in [0.2, 0.25) is 35.4 Å². The van der Waals surface area contributed by atoms with Gasteiger partial charge < -0.3 is 69.0 Å². The van der Waals surface area contributed by atoms with Crippen LogP contribution in [0.1, 0.15) is 77.5 Å². The lowest BCUT2D eigenvalue weighted by atomic mass is 9.96. The van der Waals surface area contributed by atoms with Crippen LogP contribution in [-0.4, -0.2) is 139 Å². The van der Waals surface area contributed by atoms with E-state index in [-0.39, 0.29) is 56.9 Å². The molecule has 0 aliphatic carbocycles. The van der Waals surface area contributed by atoms with Gasteiger partial charge in [-0.15, -0.1) is 0 Å². The molecule has 3 rings (SSSR count). The summed E-state index contributed by atoms with van der Waals surface area (Å²) in [7, 11) is 0. The van der Waals surface area contributed by atoms with Crippen LogP contribution < -0.4 is 43.8 Å². The van der Waals surface area contributed by atoms with E-state index in [2.05, 4.69) is 41.5 Å². The van der Waals surface area contributed by atoms with Gasteiger partial charge in [0, 0.05) is 37.8 Å². The first-order valence-corrected chi connectivity index (χ1v) is 21.0. The number of phenolic OH excluding ortho intramolecular Hbond substituents is 1. The third kappa shape index (κ3) is 15.8. The third-order valence-corrected chi connectivity index (χ3v) is 10.8. The number of aromatic hydroxyl groups is 1. The molecule has 23 nitrogen and oxygen atoms in total. The fourth-order valence-corrected chi connectivity index (χ4v) is 6.98. The number of benzene rings is 1. The highest BCUT2D eigenvalue weighted by Gasteiger charge is 2.40. The number of carboxylic acids is 2. The molecule has 352 valence electrons. The summed E-state index contributed by atoms with van der Waals surface area (Å²) in [6.45, 7) is 6.98. The van der Waals surface area contributed by atoms with Crippen LogP contribution in [-0.2, 0) is 51.2 Å². The predicted octanol–water partition coefficient (Wildman–Crippen LogP) is -2.04. The maximum Gasteiger partial charge on any atom is 0.326 e. The Hall–Kier alpha value is -6.78. The fraction of sp³-hybridized carbons (Fsp3) is 0.561. The lowest BCUT2D eigenvalue weighted by molar-refractivity contribution is -0.149. The molecule has 23 heteroatoms. The number of likely N-dealkylation sites (tertiary alicyclic amines) is 1. The maximum absolute atomic E-state index is 14.3. The molecule has 2 aromatic rings. The smallest absolute Gasteiger partial charge is 0.326 e.